The molecule has 0 radical (unpaired) electrons. The quantitative estimate of drug-likeness (QED) is 0.0778. The summed E-state index contributed by atoms with van der Waals surface area (Å²) >= 11 is 0. The fourth-order valence-electron chi connectivity index (χ4n) is 9.38. The minimum absolute atomic E-state index is 0.00730. The molecule has 2 aromatic heterocycles. The number of halogens is 3. The van der Waals surface area contributed by atoms with Crippen molar-refractivity contribution in [3.05, 3.63) is 71.1 Å². The molecule has 4 heterocycles. The molecule has 18 nitrogen and oxygen atoms in total. The van der Waals surface area contributed by atoms with Gasteiger partial charge in [0.15, 0.2) is 63.9 Å². The molecule has 396 valence electrons. The average Bonchev–Trinajstić information content (AvgIpc) is 3.89. The van der Waals surface area contributed by atoms with E-state index in [0.29, 0.717) is 6.42 Å². The molecule has 0 bridgehead atoms. The number of pyridine rings is 2. The number of carbonyl (C=O) groups excluding carboxylic acids is 4. The molecule has 3 aliphatic rings. The number of nitrogens with one attached hydrogen (secondary N) is 2. The standard InChI is InChI=1S/C51H67F3N4O14/c1-27(13-14-32-23-67-25-37(57-48(61)42-44(59)39(65-5)15-17-55-42)51(64)71-30(4)47(32)72-34-9-7-8-10-34)11-12-28(2)22-69-46-29(3)70-50(63)38(58-49(62)43-45(60)40(66-6)16-18-56-43)26-68-24-33(46)19-31-20-35(52)41(54)36(53)21-31/h15-18,20-21,27-30,32-34,37-38,46-47,59-60H,7-14,19,22-26H2,1-6H3,(H,57,61)(H,58,62). The number of cyclic esters (lactones) is 2. The zero-order valence-corrected chi connectivity index (χ0v) is 41.5. The Morgan fingerprint density at radius 1 is 0.736 bits per heavy atom. The van der Waals surface area contributed by atoms with Crippen LogP contribution in [0.2, 0.25) is 0 Å². The Morgan fingerprint density at radius 2 is 1.24 bits per heavy atom. The van der Waals surface area contributed by atoms with Crippen LogP contribution in [0.5, 0.6) is 23.0 Å². The van der Waals surface area contributed by atoms with Crippen LogP contribution in [0.4, 0.5) is 13.2 Å². The van der Waals surface area contributed by atoms with Crippen molar-refractivity contribution in [1.29, 1.82) is 0 Å². The lowest BCUT2D eigenvalue weighted by Crippen LogP contribution is -2.46. The summed E-state index contributed by atoms with van der Waals surface area (Å²) in [5, 5.41) is 26.1. The second-order valence-electron chi connectivity index (χ2n) is 19.1. The first-order chi connectivity index (χ1) is 34.5. The van der Waals surface area contributed by atoms with Crippen LogP contribution in [0.15, 0.2) is 36.7 Å². The van der Waals surface area contributed by atoms with E-state index in [9.17, 15) is 42.6 Å². The van der Waals surface area contributed by atoms with Crippen molar-refractivity contribution in [3.8, 4) is 23.0 Å². The van der Waals surface area contributed by atoms with E-state index < -0.39 is 101 Å². The number of methoxy groups -OCH3 is 2. The summed E-state index contributed by atoms with van der Waals surface area (Å²) < 4.78 is 90.1. The maximum atomic E-state index is 14.4. The minimum atomic E-state index is -1.61. The second-order valence-corrected chi connectivity index (χ2v) is 19.1. The normalized spacial score (nSPS) is 25.2. The molecular formula is C51H67F3N4O14. The Morgan fingerprint density at radius 3 is 1.76 bits per heavy atom. The molecule has 6 rings (SSSR count). The van der Waals surface area contributed by atoms with Gasteiger partial charge in [-0.3, -0.25) is 9.59 Å². The van der Waals surface area contributed by atoms with E-state index in [2.05, 4.69) is 27.5 Å². The first kappa shape index (κ1) is 55.5. The summed E-state index contributed by atoms with van der Waals surface area (Å²) in [6.45, 7) is 7.30. The van der Waals surface area contributed by atoms with Gasteiger partial charge in [-0.15, -0.1) is 0 Å². The van der Waals surface area contributed by atoms with Crippen molar-refractivity contribution in [2.45, 2.75) is 128 Å². The lowest BCUT2D eigenvalue weighted by molar-refractivity contribution is -0.164. The molecule has 10 unspecified atom stereocenters. The third kappa shape index (κ3) is 14.7. The van der Waals surface area contributed by atoms with Crippen molar-refractivity contribution in [2.75, 3.05) is 47.3 Å². The zero-order chi connectivity index (χ0) is 52.1. The highest BCUT2D eigenvalue weighted by Crippen LogP contribution is 2.33. The molecule has 21 heteroatoms. The van der Waals surface area contributed by atoms with Crippen LogP contribution in [0.3, 0.4) is 0 Å². The summed E-state index contributed by atoms with van der Waals surface area (Å²) in [6.07, 6.45) is 6.36. The number of carbonyl (C=O) groups is 4. The van der Waals surface area contributed by atoms with Gasteiger partial charge in [-0.1, -0.05) is 39.5 Å². The number of aromatic hydroxyl groups is 2. The highest BCUT2D eigenvalue weighted by atomic mass is 19.2. The van der Waals surface area contributed by atoms with E-state index >= 15 is 0 Å². The minimum Gasteiger partial charge on any atom is -0.503 e. The molecule has 0 spiro atoms. The van der Waals surface area contributed by atoms with Gasteiger partial charge in [0.05, 0.1) is 59.0 Å². The van der Waals surface area contributed by atoms with Crippen LogP contribution in [0.25, 0.3) is 0 Å². The number of amides is 2. The van der Waals surface area contributed by atoms with Gasteiger partial charge in [0.1, 0.15) is 12.2 Å². The number of rotatable bonds is 19. The number of ether oxygens (including phenoxy) is 8. The lowest BCUT2D eigenvalue weighted by Gasteiger charge is -2.33. The molecule has 3 aromatic rings. The van der Waals surface area contributed by atoms with E-state index in [0.717, 1.165) is 57.1 Å². The first-order valence-corrected chi connectivity index (χ1v) is 24.5. The largest absolute Gasteiger partial charge is 0.503 e. The molecule has 2 aliphatic heterocycles. The highest BCUT2D eigenvalue weighted by Gasteiger charge is 2.39. The van der Waals surface area contributed by atoms with E-state index in [-0.39, 0.29) is 86.1 Å². The first-order valence-electron chi connectivity index (χ1n) is 24.5. The maximum absolute atomic E-state index is 14.4. The van der Waals surface area contributed by atoms with Gasteiger partial charge in [-0.2, -0.15) is 0 Å². The molecular weight excluding hydrogens is 950 g/mol. The van der Waals surface area contributed by atoms with Crippen molar-refractivity contribution in [2.24, 2.45) is 23.7 Å². The van der Waals surface area contributed by atoms with Crippen LogP contribution in [-0.2, 0) is 44.4 Å². The van der Waals surface area contributed by atoms with E-state index in [1.807, 2.05) is 6.92 Å². The number of hydrogen-bond acceptors (Lipinski definition) is 16. The number of aromatic nitrogens is 2. The fourth-order valence-corrected chi connectivity index (χ4v) is 9.38. The van der Waals surface area contributed by atoms with Gasteiger partial charge in [0, 0.05) is 43.0 Å². The smallest absolute Gasteiger partial charge is 0.331 e. The molecule has 3 fully saturated rings. The summed E-state index contributed by atoms with van der Waals surface area (Å²) in [5.74, 6) is -9.20. The van der Waals surface area contributed by atoms with Gasteiger partial charge in [0.2, 0.25) is 0 Å². The molecule has 1 aliphatic carbocycles. The zero-order valence-electron chi connectivity index (χ0n) is 41.5. The molecule has 4 N–H and O–H groups in total. The number of benzene rings is 1. The SMILES string of the molecule is COc1ccnc(C(=O)NC2COCC(Cc3cc(F)c(F)c(F)c3)C(OCC(C)CCC(C)CCC3COCC(NC(=O)c4nccc(OC)c4O)C(=O)OC(C)C3OC3CCCC3)C(C)OC2=O)c1O. The monoisotopic (exact) mass is 1020 g/mol. The predicted molar refractivity (Wildman–Crippen MR) is 251 cm³/mol. The Labute approximate surface area is 416 Å². The molecule has 2 amide bonds. The molecule has 1 aromatic carbocycles. The van der Waals surface area contributed by atoms with Crippen molar-refractivity contribution in [3.63, 3.8) is 0 Å². The summed E-state index contributed by atoms with van der Waals surface area (Å²) in [5.41, 5.74) is -0.588. The lowest BCUT2D eigenvalue weighted by atomic mass is 9.87. The molecule has 2 saturated heterocycles. The number of esters is 2. The van der Waals surface area contributed by atoms with Gasteiger partial charge in [0.25, 0.3) is 11.8 Å². The average molecular weight is 1020 g/mol. The topological polar surface area (TPSA) is 232 Å². The molecule has 1 saturated carbocycles. The molecule has 10 atom stereocenters. The predicted octanol–water partition coefficient (Wildman–Crippen LogP) is 6.16. The number of hydrogen-bond donors (Lipinski definition) is 4. The van der Waals surface area contributed by atoms with Crippen molar-refractivity contribution < 1.29 is 80.5 Å². The Bertz CT molecular complexity index is 2300. The van der Waals surface area contributed by atoms with Gasteiger partial charge in [-0.25, -0.2) is 32.7 Å². The van der Waals surface area contributed by atoms with Crippen LogP contribution in [0, 0.1) is 41.1 Å². The third-order valence-electron chi connectivity index (χ3n) is 13.5. The van der Waals surface area contributed by atoms with Crippen LogP contribution >= 0.6 is 0 Å². The Kier molecular flexibility index (Phi) is 20.3. The van der Waals surface area contributed by atoms with Crippen LogP contribution in [0.1, 0.15) is 106 Å². The highest BCUT2D eigenvalue weighted by molar-refractivity contribution is 5.98. The van der Waals surface area contributed by atoms with Crippen molar-refractivity contribution >= 4 is 23.8 Å². The summed E-state index contributed by atoms with van der Waals surface area (Å²) in [6, 6.07) is 2.00. The summed E-state index contributed by atoms with van der Waals surface area (Å²) in [4.78, 5) is 61.3. The van der Waals surface area contributed by atoms with Gasteiger partial charge in [-0.05, 0) is 75.5 Å². The van der Waals surface area contributed by atoms with E-state index in [1.54, 1.807) is 13.8 Å². The van der Waals surface area contributed by atoms with E-state index in [1.165, 1.54) is 38.7 Å². The maximum Gasteiger partial charge on any atom is 0.331 e. The number of nitrogens with zero attached hydrogens (tertiary/aromatic N) is 2. The third-order valence-corrected chi connectivity index (χ3v) is 13.5. The Balaban J connectivity index is 1.08. The van der Waals surface area contributed by atoms with Gasteiger partial charge < -0.3 is 58.7 Å². The van der Waals surface area contributed by atoms with Gasteiger partial charge >= 0.3 is 11.9 Å². The second kappa shape index (κ2) is 26.3. The van der Waals surface area contributed by atoms with Crippen LogP contribution in [-0.4, -0.2) is 134 Å². The Hall–Kier alpha value is -5.77. The molecule has 72 heavy (non-hydrogen) atoms. The van der Waals surface area contributed by atoms with Crippen LogP contribution < -0.4 is 20.1 Å². The van der Waals surface area contributed by atoms with Crippen molar-refractivity contribution in [1.82, 2.24) is 20.6 Å². The fraction of sp³-hybridized carbons (Fsp3) is 0.608. The summed E-state index contributed by atoms with van der Waals surface area (Å²) in [7, 11) is 2.64. The van der Waals surface area contributed by atoms with E-state index in [4.69, 9.17) is 37.9 Å².